The van der Waals surface area contributed by atoms with Crippen LogP contribution in [0.25, 0.3) is 5.76 Å². The van der Waals surface area contributed by atoms with Crippen LogP contribution in [0.2, 0.25) is 0 Å². The van der Waals surface area contributed by atoms with Crippen LogP contribution in [0.3, 0.4) is 0 Å². The van der Waals surface area contributed by atoms with E-state index in [4.69, 9.17) is 14.2 Å². The Kier molecular flexibility index (Phi) is 9.49. The van der Waals surface area contributed by atoms with Gasteiger partial charge >= 0.3 is 0 Å². The number of aliphatic hydroxyl groups excluding tert-OH is 1. The zero-order chi connectivity index (χ0) is 28.9. The van der Waals surface area contributed by atoms with Gasteiger partial charge in [0.15, 0.2) is 11.5 Å². The number of nitrogens with zero attached hydrogens (tertiary/aromatic N) is 2. The maximum Gasteiger partial charge on any atom is 0.295 e. The van der Waals surface area contributed by atoms with Gasteiger partial charge in [-0.1, -0.05) is 12.5 Å². The largest absolute Gasteiger partial charge is 0.507 e. The number of ketones is 1. The highest BCUT2D eigenvalue weighted by molar-refractivity contribution is 7.89. The van der Waals surface area contributed by atoms with Crippen LogP contribution in [0, 0.1) is 0 Å². The number of benzene rings is 2. The van der Waals surface area contributed by atoms with Crippen molar-refractivity contribution in [1.29, 1.82) is 0 Å². The third-order valence-electron chi connectivity index (χ3n) is 7.17. The third kappa shape index (κ3) is 5.86. The Hall–Kier alpha value is -3.41. The minimum atomic E-state index is -3.67. The minimum absolute atomic E-state index is 0.0831. The highest BCUT2D eigenvalue weighted by atomic mass is 32.2. The smallest absolute Gasteiger partial charge is 0.295 e. The van der Waals surface area contributed by atoms with Crippen molar-refractivity contribution < 1.29 is 37.3 Å². The van der Waals surface area contributed by atoms with Crippen molar-refractivity contribution >= 4 is 27.5 Å². The molecule has 0 aromatic heterocycles. The van der Waals surface area contributed by atoms with Crippen LogP contribution in [0.5, 0.6) is 11.5 Å². The molecule has 10 nitrogen and oxygen atoms in total. The van der Waals surface area contributed by atoms with E-state index < -0.39 is 27.8 Å². The topological polar surface area (TPSA) is 123 Å². The van der Waals surface area contributed by atoms with Gasteiger partial charge in [0.1, 0.15) is 5.76 Å². The molecule has 4 rings (SSSR count). The molecule has 2 aromatic carbocycles. The van der Waals surface area contributed by atoms with Crippen molar-refractivity contribution in [1.82, 2.24) is 9.21 Å². The van der Waals surface area contributed by atoms with Gasteiger partial charge in [0, 0.05) is 38.9 Å². The summed E-state index contributed by atoms with van der Waals surface area (Å²) < 4.78 is 43.9. The summed E-state index contributed by atoms with van der Waals surface area (Å²) in [5.74, 6) is -1.00. The van der Waals surface area contributed by atoms with Crippen LogP contribution in [0.15, 0.2) is 52.9 Å². The summed E-state index contributed by atoms with van der Waals surface area (Å²) in [5, 5.41) is 11.4. The summed E-state index contributed by atoms with van der Waals surface area (Å²) in [6.07, 6.45) is 3.12. The Balaban J connectivity index is 1.76. The number of carbonyl (C=O) groups is 2. The van der Waals surface area contributed by atoms with Gasteiger partial charge in [-0.2, -0.15) is 4.31 Å². The lowest BCUT2D eigenvalue weighted by Gasteiger charge is -2.26. The van der Waals surface area contributed by atoms with Crippen molar-refractivity contribution in [2.45, 2.75) is 43.5 Å². The zero-order valence-corrected chi connectivity index (χ0v) is 23.9. The summed E-state index contributed by atoms with van der Waals surface area (Å²) >= 11 is 0. The van der Waals surface area contributed by atoms with Gasteiger partial charge in [-0.05, 0) is 68.1 Å². The van der Waals surface area contributed by atoms with Crippen molar-refractivity contribution in [2.75, 3.05) is 47.1 Å². The molecular formula is C29H36N2O8S. The summed E-state index contributed by atoms with van der Waals surface area (Å²) in [6, 6.07) is 9.98. The van der Waals surface area contributed by atoms with Gasteiger partial charge in [-0.3, -0.25) is 9.59 Å². The molecule has 0 bridgehead atoms. The molecule has 1 amide bonds. The quantitative estimate of drug-likeness (QED) is 0.187. The highest BCUT2D eigenvalue weighted by Gasteiger charge is 2.46. The van der Waals surface area contributed by atoms with Crippen molar-refractivity contribution in [3.05, 3.63) is 59.2 Å². The van der Waals surface area contributed by atoms with Gasteiger partial charge in [0.25, 0.3) is 11.7 Å². The number of rotatable bonds is 11. The van der Waals surface area contributed by atoms with Crippen molar-refractivity contribution in [3.8, 4) is 11.5 Å². The number of hydrogen-bond donors (Lipinski definition) is 1. The number of amides is 1. The maximum atomic E-state index is 13.3. The number of methoxy groups -OCH3 is 2. The lowest BCUT2D eigenvalue weighted by molar-refractivity contribution is -0.140. The third-order valence-corrected chi connectivity index (χ3v) is 9.08. The molecule has 0 spiro atoms. The highest BCUT2D eigenvalue weighted by Crippen LogP contribution is 2.42. The van der Waals surface area contributed by atoms with E-state index in [1.54, 1.807) is 25.3 Å². The first kappa shape index (κ1) is 29.6. The molecular weight excluding hydrogens is 536 g/mol. The van der Waals surface area contributed by atoms with Crippen LogP contribution in [0.1, 0.15) is 49.8 Å². The number of aliphatic hydroxyl groups is 1. The molecule has 2 aliphatic rings. The van der Waals surface area contributed by atoms with E-state index in [0.29, 0.717) is 49.8 Å². The molecule has 1 atom stereocenters. The van der Waals surface area contributed by atoms with Gasteiger partial charge in [0.2, 0.25) is 10.0 Å². The molecule has 0 saturated carbocycles. The molecule has 40 heavy (non-hydrogen) atoms. The summed E-state index contributed by atoms with van der Waals surface area (Å²) in [5.41, 5.74) is 0.707. The fourth-order valence-electron chi connectivity index (χ4n) is 5.16. The molecule has 2 aromatic rings. The number of hydrogen-bond acceptors (Lipinski definition) is 8. The van der Waals surface area contributed by atoms with Crippen LogP contribution in [0.4, 0.5) is 0 Å². The molecule has 1 unspecified atom stereocenters. The lowest BCUT2D eigenvalue weighted by atomic mass is 9.95. The molecule has 2 saturated heterocycles. The minimum Gasteiger partial charge on any atom is -0.507 e. The van der Waals surface area contributed by atoms with E-state index in [1.807, 2.05) is 6.92 Å². The van der Waals surface area contributed by atoms with E-state index in [9.17, 15) is 23.1 Å². The standard InChI is InChI=1S/C29H36N2O8S/c1-4-39-23-14-11-21(19-24(23)38-3)26-25(28(33)29(34)31(26)17-8-18-37-2)27(32)20-9-12-22(13-10-20)40(35,36)30-15-6-5-7-16-30/h9-14,19,26,32H,4-8,15-18H2,1-3H3/b27-25+. The van der Waals surface area contributed by atoms with E-state index in [0.717, 1.165) is 19.3 Å². The SMILES string of the molecule is CCOc1ccc(C2/C(=C(\O)c3ccc(S(=O)(=O)N4CCCCC4)cc3)C(=O)C(=O)N2CCCOC)cc1OC. The van der Waals surface area contributed by atoms with E-state index in [1.165, 1.54) is 40.6 Å². The Bertz CT molecular complexity index is 1360. The number of likely N-dealkylation sites (tertiary alicyclic amines) is 1. The Morgan fingerprint density at radius 3 is 2.33 bits per heavy atom. The number of Topliss-reactive ketones (excluding diaryl/α,β-unsaturated/α-hetero) is 1. The van der Waals surface area contributed by atoms with Crippen molar-refractivity contribution in [2.24, 2.45) is 0 Å². The monoisotopic (exact) mass is 572 g/mol. The predicted molar refractivity (Wildman–Crippen MR) is 149 cm³/mol. The first-order valence-electron chi connectivity index (χ1n) is 13.4. The molecule has 2 heterocycles. The van der Waals surface area contributed by atoms with Crippen LogP contribution >= 0.6 is 0 Å². The fourth-order valence-corrected chi connectivity index (χ4v) is 6.68. The zero-order valence-electron chi connectivity index (χ0n) is 23.1. The number of piperidine rings is 1. The van der Waals surface area contributed by atoms with E-state index in [-0.39, 0.29) is 28.3 Å². The maximum absolute atomic E-state index is 13.3. The number of ether oxygens (including phenoxy) is 3. The second-order valence-electron chi connectivity index (χ2n) is 9.67. The van der Waals surface area contributed by atoms with Gasteiger partial charge < -0.3 is 24.2 Å². The second kappa shape index (κ2) is 12.8. The summed E-state index contributed by atoms with van der Waals surface area (Å²) in [6.45, 7) is 3.83. The average Bonchev–Trinajstić information content (AvgIpc) is 3.23. The molecule has 0 radical (unpaired) electrons. The van der Waals surface area contributed by atoms with Crippen molar-refractivity contribution in [3.63, 3.8) is 0 Å². The summed E-state index contributed by atoms with van der Waals surface area (Å²) in [7, 11) is -0.616. The number of sulfonamides is 1. The average molecular weight is 573 g/mol. The number of carbonyl (C=O) groups excluding carboxylic acids is 2. The Morgan fingerprint density at radius 1 is 1.00 bits per heavy atom. The fraction of sp³-hybridized carbons (Fsp3) is 0.448. The lowest BCUT2D eigenvalue weighted by Crippen LogP contribution is -2.35. The van der Waals surface area contributed by atoms with Gasteiger partial charge in [-0.25, -0.2) is 8.42 Å². The summed E-state index contributed by atoms with van der Waals surface area (Å²) in [4.78, 5) is 28.0. The normalized spacial score (nSPS) is 19.7. The molecule has 11 heteroatoms. The van der Waals surface area contributed by atoms with E-state index >= 15 is 0 Å². The van der Waals surface area contributed by atoms with Crippen LogP contribution in [-0.2, 0) is 24.3 Å². The molecule has 2 fully saturated rings. The Morgan fingerprint density at radius 2 is 1.70 bits per heavy atom. The first-order valence-corrected chi connectivity index (χ1v) is 14.9. The van der Waals surface area contributed by atoms with E-state index in [2.05, 4.69) is 0 Å². The Labute approximate surface area is 235 Å². The molecule has 2 aliphatic heterocycles. The van der Waals surface area contributed by atoms with Crippen LogP contribution in [-0.4, -0.2) is 81.5 Å². The second-order valence-corrected chi connectivity index (χ2v) is 11.6. The van der Waals surface area contributed by atoms with Gasteiger partial charge in [0.05, 0.1) is 30.2 Å². The first-order chi connectivity index (χ1) is 19.2. The van der Waals surface area contributed by atoms with Crippen LogP contribution < -0.4 is 9.47 Å². The molecule has 216 valence electrons. The van der Waals surface area contributed by atoms with Gasteiger partial charge in [-0.15, -0.1) is 0 Å². The predicted octanol–water partition coefficient (Wildman–Crippen LogP) is 3.73. The molecule has 1 N–H and O–H groups in total. The molecule has 0 aliphatic carbocycles.